The molecule has 1 aliphatic rings. The Morgan fingerprint density at radius 1 is 1.19 bits per heavy atom. The summed E-state index contributed by atoms with van der Waals surface area (Å²) in [6.07, 6.45) is -3.04. The number of hydrogen-bond donors (Lipinski definition) is 0. The minimum Gasteiger partial charge on any atom is -0.478 e. The summed E-state index contributed by atoms with van der Waals surface area (Å²) in [6.45, 7) is 5.32. The number of rotatable bonds is 1. The highest BCUT2D eigenvalue weighted by molar-refractivity contribution is 6.41. The Balaban J connectivity index is 2.69. The van der Waals surface area contributed by atoms with E-state index in [0.29, 0.717) is 0 Å². The number of fused-ring (bicyclic) bond motifs is 1. The molecule has 0 spiro atoms. The van der Waals surface area contributed by atoms with Crippen molar-refractivity contribution in [3.05, 3.63) is 16.1 Å². The quantitative estimate of drug-likeness (QED) is 0.513. The second-order valence-corrected chi connectivity index (χ2v) is 7.20. The summed E-state index contributed by atoms with van der Waals surface area (Å²) in [5.74, 6) is -0.884. The molecule has 8 nitrogen and oxygen atoms in total. The predicted molar refractivity (Wildman–Crippen MR) is 93.3 cm³/mol. The highest BCUT2D eigenvalue weighted by atomic mass is 35.5. The third-order valence-electron chi connectivity index (χ3n) is 3.52. The molecule has 1 unspecified atom stereocenters. The standard InChI is InChI=1S/C16H17Cl2NO7/c1-16(2,3)12-13(20)19(14(21)23-4)10-8(25-12)6-7(17)11(9(10)18)26-15(22)24-5/h6,12H,1-5H3. The number of halogens is 2. The third-order valence-corrected chi connectivity index (χ3v) is 4.16. The Morgan fingerprint density at radius 3 is 2.31 bits per heavy atom. The molecular formula is C16H17Cl2NO7. The third kappa shape index (κ3) is 3.52. The molecule has 0 saturated heterocycles. The van der Waals surface area contributed by atoms with E-state index in [4.69, 9.17) is 37.4 Å². The van der Waals surface area contributed by atoms with Gasteiger partial charge in [-0.2, -0.15) is 0 Å². The molecule has 142 valence electrons. The zero-order chi connectivity index (χ0) is 19.8. The van der Waals surface area contributed by atoms with Crippen molar-refractivity contribution in [2.75, 3.05) is 19.1 Å². The molecule has 10 heteroatoms. The number of hydrogen-bond acceptors (Lipinski definition) is 7. The summed E-state index contributed by atoms with van der Waals surface area (Å²) in [7, 11) is 2.22. The van der Waals surface area contributed by atoms with E-state index in [1.807, 2.05) is 0 Å². The second kappa shape index (κ2) is 7.20. The van der Waals surface area contributed by atoms with Gasteiger partial charge in [0.05, 0.1) is 19.2 Å². The van der Waals surface area contributed by atoms with Gasteiger partial charge in [-0.3, -0.25) is 4.79 Å². The van der Waals surface area contributed by atoms with E-state index >= 15 is 0 Å². The minimum atomic E-state index is -1.08. The second-order valence-electron chi connectivity index (χ2n) is 6.41. The van der Waals surface area contributed by atoms with E-state index in [-0.39, 0.29) is 27.2 Å². The van der Waals surface area contributed by atoms with E-state index in [1.165, 1.54) is 6.07 Å². The number of imide groups is 1. The molecule has 1 atom stereocenters. The van der Waals surface area contributed by atoms with Gasteiger partial charge < -0.3 is 18.9 Å². The normalized spacial score (nSPS) is 16.5. The van der Waals surface area contributed by atoms with Gasteiger partial charge in [-0.25, -0.2) is 14.5 Å². The van der Waals surface area contributed by atoms with E-state index in [2.05, 4.69) is 4.74 Å². The number of carbonyl (C=O) groups excluding carboxylic acids is 3. The van der Waals surface area contributed by atoms with Crippen LogP contribution in [0.3, 0.4) is 0 Å². The molecule has 1 aromatic carbocycles. The fourth-order valence-corrected chi connectivity index (χ4v) is 2.91. The van der Waals surface area contributed by atoms with Crippen LogP contribution in [0.4, 0.5) is 15.3 Å². The molecule has 1 aliphatic heterocycles. The van der Waals surface area contributed by atoms with Crippen molar-refractivity contribution in [3.8, 4) is 11.5 Å². The lowest BCUT2D eigenvalue weighted by Crippen LogP contribution is -2.53. The van der Waals surface area contributed by atoms with Gasteiger partial charge in [-0.1, -0.05) is 44.0 Å². The van der Waals surface area contributed by atoms with Gasteiger partial charge in [0.15, 0.2) is 11.9 Å². The maximum Gasteiger partial charge on any atom is 0.513 e. The van der Waals surface area contributed by atoms with E-state index in [0.717, 1.165) is 19.1 Å². The van der Waals surface area contributed by atoms with Gasteiger partial charge in [0.1, 0.15) is 16.5 Å². The number of benzene rings is 1. The van der Waals surface area contributed by atoms with Crippen LogP contribution in [0.15, 0.2) is 6.07 Å². The highest BCUT2D eigenvalue weighted by Crippen LogP contribution is 2.50. The fourth-order valence-electron chi connectivity index (χ4n) is 2.31. The number of methoxy groups -OCH3 is 2. The smallest absolute Gasteiger partial charge is 0.478 e. The summed E-state index contributed by atoms with van der Waals surface area (Å²) in [5, 5.41) is -0.338. The summed E-state index contributed by atoms with van der Waals surface area (Å²) in [4.78, 5) is 37.2. The zero-order valence-electron chi connectivity index (χ0n) is 14.7. The molecule has 0 aliphatic carbocycles. The van der Waals surface area contributed by atoms with Crippen LogP contribution in [-0.4, -0.2) is 38.5 Å². The van der Waals surface area contributed by atoms with Crippen LogP contribution >= 0.6 is 23.2 Å². The molecule has 0 saturated carbocycles. The van der Waals surface area contributed by atoms with Crippen molar-refractivity contribution in [1.82, 2.24) is 0 Å². The Kier molecular flexibility index (Phi) is 5.58. The Labute approximate surface area is 159 Å². The molecule has 26 heavy (non-hydrogen) atoms. The zero-order valence-corrected chi connectivity index (χ0v) is 16.2. The topological polar surface area (TPSA) is 91.4 Å². The molecule has 0 radical (unpaired) electrons. The first-order valence-electron chi connectivity index (χ1n) is 7.39. The lowest BCUT2D eigenvalue weighted by Gasteiger charge is -2.38. The maximum atomic E-state index is 12.8. The molecule has 1 heterocycles. The monoisotopic (exact) mass is 405 g/mol. The SMILES string of the molecule is COC(=O)Oc1c(Cl)cc2c(c1Cl)N(C(=O)OC)C(=O)C(C(C)(C)C)O2. The first-order chi connectivity index (χ1) is 12.0. The van der Waals surface area contributed by atoms with Gasteiger partial charge in [0.2, 0.25) is 0 Å². The van der Waals surface area contributed by atoms with Gasteiger partial charge in [-0.15, -0.1) is 0 Å². The molecule has 0 N–H and O–H groups in total. The van der Waals surface area contributed by atoms with Gasteiger partial charge in [0, 0.05) is 11.5 Å². The van der Waals surface area contributed by atoms with Crippen LogP contribution in [0.5, 0.6) is 11.5 Å². The number of ether oxygens (including phenoxy) is 4. The summed E-state index contributed by atoms with van der Waals surface area (Å²) in [5.41, 5.74) is -0.770. The molecule has 1 aromatic rings. The van der Waals surface area contributed by atoms with Crippen molar-refractivity contribution in [1.29, 1.82) is 0 Å². The number of amides is 2. The van der Waals surface area contributed by atoms with E-state index in [9.17, 15) is 14.4 Å². The van der Waals surface area contributed by atoms with Crippen LogP contribution in [0.1, 0.15) is 20.8 Å². The molecule has 2 rings (SSSR count). The van der Waals surface area contributed by atoms with Gasteiger partial charge >= 0.3 is 12.2 Å². The maximum absolute atomic E-state index is 12.8. The van der Waals surface area contributed by atoms with E-state index in [1.54, 1.807) is 20.8 Å². The molecule has 0 bridgehead atoms. The van der Waals surface area contributed by atoms with E-state index < -0.39 is 29.7 Å². The number of carbonyl (C=O) groups is 3. The Bertz CT molecular complexity index is 773. The highest BCUT2D eigenvalue weighted by Gasteiger charge is 2.46. The fraction of sp³-hybridized carbons (Fsp3) is 0.438. The van der Waals surface area contributed by atoms with Crippen LogP contribution in [0, 0.1) is 5.41 Å². The predicted octanol–water partition coefficient (Wildman–Crippen LogP) is 4.05. The van der Waals surface area contributed by atoms with Crippen LogP contribution < -0.4 is 14.4 Å². The van der Waals surface area contributed by atoms with Crippen molar-refractivity contribution < 1.29 is 33.3 Å². The van der Waals surface area contributed by atoms with Crippen molar-refractivity contribution in [2.45, 2.75) is 26.9 Å². The van der Waals surface area contributed by atoms with Gasteiger partial charge in [-0.05, 0) is 0 Å². The van der Waals surface area contributed by atoms with Crippen molar-refractivity contribution in [2.24, 2.45) is 5.41 Å². The lowest BCUT2D eigenvalue weighted by molar-refractivity contribution is -0.130. The summed E-state index contributed by atoms with van der Waals surface area (Å²) < 4.78 is 19.8. The van der Waals surface area contributed by atoms with Crippen LogP contribution in [-0.2, 0) is 14.3 Å². The van der Waals surface area contributed by atoms with Crippen LogP contribution in [0.2, 0.25) is 10.0 Å². The summed E-state index contributed by atoms with van der Waals surface area (Å²) >= 11 is 12.4. The average molecular weight is 406 g/mol. The minimum absolute atomic E-state index is 0.0639. The van der Waals surface area contributed by atoms with Crippen LogP contribution in [0.25, 0.3) is 0 Å². The van der Waals surface area contributed by atoms with Crippen molar-refractivity contribution in [3.63, 3.8) is 0 Å². The number of anilines is 1. The Morgan fingerprint density at radius 2 is 1.81 bits per heavy atom. The first-order valence-corrected chi connectivity index (χ1v) is 8.14. The first kappa shape index (κ1) is 20.1. The molecular weight excluding hydrogens is 389 g/mol. The largest absolute Gasteiger partial charge is 0.513 e. The lowest BCUT2D eigenvalue weighted by atomic mass is 9.87. The molecule has 0 fully saturated rings. The number of nitrogens with zero attached hydrogens (tertiary/aromatic N) is 1. The summed E-state index contributed by atoms with van der Waals surface area (Å²) in [6, 6.07) is 1.29. The van der Waals surface area contributed by atoms with Gasteiger partial charge in [0.25, 0.3) is 5.91 Å². The molecule has 0 aromatic heterocycles. The Hall–Kier alpha value is -2.19. The molecule has 2 amide bonds. The average Bonchev–Trinajstić information content (AvgIpc) is 2.56. The van der Waals surface area contributed by atoms with Crippen molar-refractivity contribution >= 4 is 47.0 Å².